The maximum Gasteiger partial charge on any atom is 0.256 e. The minimum absolute atomic E-state index is 0.184. The van der Waals surface area contributed by atoms with Crippen LogP contribution in [-0.4, -0.2) is 57.2 Å². The van der Waals surface area contributed by atoms with Gasteiger partial charge in [0.25, 0.3) is 5.91 Å². The largest absolute Gasteiger partial charge is 0.378 e. The van der Waals surface area contributed by atoms with Crippen molar-refractivity contribution in [3.63, 3.8) is 0 Å². The summed E-state index contributed by atoms with van der Waals surface area (Å²) < 4.78 is 29.9. The summed E-state index contributed by atoms with van der Waals surface area (Å²) >= 11 is 0. The van der Waals surface area contributed by atoms with Gasteiger partial charge >= 0.3 is 0 Å². The number of benzene rings is 2. The van der Waals surface area contributed by atoms with E-state index in [-0.39, 0.29) is 23.0 Å². The molecule has 8 heteroatoms. The average Bonchev–Trinajstić information content (AvgIpc) is 2.73. The number of anilines is 1. The number of carbonyl (C=O) groups is 2. The molecule has 1 fully saturated rings. The van der Waals surface area contributed by atoms with Crippen molar-refractivity contribution in [3.8, 4) is 0 Å². The van der Waals surface area contributed by atoms with Gasteiger partial charge in [-0.25, -0.2) is 8.42 Å². The van der Waals surface area contributed by atoms with Crippen molar-refractivity contribution in [1.29, 1.82) is 0 Å². The molecule has 0 aliphatic carbocycles. The first kappa shape index (κ1) is 20.0. The molecule has 0 spiro atoms. The Bertz CT molecular complexity index is 938. The molecule has 0 radical (unpaired) electrons. The van der Waals surface area contributed by atoms with Crippen molar-refractivity contribution in [2.24, 2.45) is 0 Å². The fourth-order valence-corrected chi connectivity index (χ4v) is 4.16. The lowest BCUT2D eigenvalue weighted by Crippen LogP contribution is -2.41. The van der Waals surface area contributed by atoms with Crippen molar-refractivity contribution in [3.05, 3.63) is 60.2 Å². The van der Waals surface area contributed by atoms with E-state index in [1.54, 1.807) is 47.4 Å². The summed E-state index contributed by atoms with van der Waals surface area (Å²) in [6, 6.07) is 14.7. The van der Waals surface area contributed by atoms with Gasteiger partial charge in [0.2, 0.25) is 5.91 Å². The number of sulfone groups is 1. The van der Waals surface area contributed by atoms with Gasteiger partial charge in [0.1, 0.15) is 0 Å². The molecule has 28 heavy (non-hydrogen) atoms. The maximum atomic E-state index is 12.7. The minimum Gasteiger partial charge on any atom is -0.378 e. The Labute approximate surface area is 164 Å². The molecule has 3 rings (SSSR count). The zero-order valence-electron chi connectivity index (χ0n) is 15.3. The molecule has 1 heterocycles. The molecule has 1 aliphatic heterocycles. The second kappa shape index (κ2) is 8.99. The van der Waals surface area contributed by atoms with Crippen LogP contribution >= 0.6 is 0 Å². The fourth-order valence-electron chi connectivity index (χ4n) is 2.90. The van der Waals surface area contributed by atoms with Gasteiger partial charge in [-0.3, -0.25) is 9.59 Å². The van der Waals surface area contributed by atoms with Crippen LogP contribution in [0.15, 0.2) is 59.5 Å². The first-order valence-corrected chi connectivity index (χ1v) is 10.7. The Balaban J connectivity index is 1.65. The van der Waals surface area contributed by atoms with Gasteiger partial charge in [0.15, 0.2) is 9.84 Å². The molecule has 148 valence electrons. The highest BCUT2D eigenvalue weighted by atomic mass is 32.2. The Kier molecular flexibility index (Phi) is 6.43. The molecule has 0 unspecified atom stereocenters. The second-order valence-corrected chi connectivity index (χ2v) is 8.49. The molecule has 2 amide bonds. The van der Waals surface area contributed by atoms with Gasteiger partial charge in [0.05, 0.1) is 35.1 Å². The lowest BCUT2D eigenvalue weighted by atomic mass is 10.1. The molecule has 2 aromatic carbocycles. The number of nitrogens with one attached hydrogen (secondary N) is 1. The highest BCUT2D eigenvalue weighted by Gasteiger charge is 2.22. The van der Waals surface area contributed by atoms with Gasteiger partial charge in [-0.15, -0.1) is 0 Å². The number of rotatable bonds is 6. The topological polar surface area (TPSA) is 92.8 Å². The van der Waals surface area contributed by atoms with Crippen LogP contribution in [0.3, 0.4) is 0 Å². The van der Waals surface area contributed by atoms with E-state index in [4.69, 9.17) is 4.74 Å². The molecule has 1 N–H and O–H groups in total. The third-order valence-electron chi connectivity index (χ3n) is 4.43. The van der Waals surface area contributed by atoms with Crippen LogP contribution in [-0.2, 0) is 19.4 Å². The van der Waals surface area contributed by atoms with Crippen LogP contribution in [0.25, 0.3) is 0 Å². The Hall–Kier alpha value is -2.71. The second-order valence-electron chi connectivity index (χ2n) is 6.38. The summed E-state index contributed by atoms with van der Waals surface area (Å²) in [6.07, 6.45) is -0.197. The quantitative estimate of drug-likeness (QED) is 0.797. The standard InChI is InChI=1S/C20H22N2O5S/c23-19(10-15-28(25,26)16-6-2-1-3-7-16)21-18-9-5-4-8-17(18)20(24)22-11-13-27-14-12-22/h1-9H,10-15H2,(H,21,23). The van der Waals surface area contributed by atoms with Gasteiger partial charge in [-0.05, 0) is 24.3 Å². The molecule has 0 aromatic heterocycles. The summed E-state index contributed by atoms with van der Waals surface area (Å²) in [7, 11) is -3.54. The summed E-state index contributed by atoms with van der Waals surface area (Å²) in [5.74, 6) is -0.944. The Morgan fingerprint density at radius 3 is 2.32 bits per heavy atom. The van der Waals surface area contributed by atoms with Crippen molar-refractivity contribution in [1.82, 2.24) is 4.90 Å². The smallest absolute Gasteiger partial charge is 0.256 e. The zero-order valence-corrected chi connectivity index (χ0v) is 16.2. The van der Waals surface area contributed by atoms with Crippen LogP contribution in [0.1, 0.15) is 16.8 Å². The first-order valence-electron chi connectivity index (χ1n) is 9.01. The average molecular weight is 402 g/mol. The number of amides is 2. The van der Waals surface area contributed by atoms with E-state index in [9.17, 15) is 18.0 Å². The number of ether oxygens (including phenoxy) is 1. The normalized spacial score (nSPS) is 14.5. The summed E-state index contributed by atoms with van der Waals surface area (Å²) in [6.45, 7) is 1.96. The van der Waals surface area contributed by atoms with Gasteiger partial charge in [-0.2, -0.15) is 0 Å². The van der Waals surface area contributed by atoms with E-state index < -0.39 is 15.7 Å². The zero-order chi connectivity index (χ0) is 20.0. The van der Waals surface area contributed by atoms with Crippen molar-refractivity contribution < 1.29 is 22.7 Å². The van der Waals surface area contributed by atoms with Crippen molar-refractivity contribution in [2.45, 2.75) is 11.3 Å². The van der Waals surface area contributed by atoms with Crippen LogP contribution in [0.5, 0.6) is 0 Å². The third kappa shape index (κ3) is 4.96. The first-order chi connectivity index (χ1) is 13.5. The van der Waals surface area contributed by atoms with E-state index >= 15 is 0 Å². The van der Waals surface area contributed by atoms with Crippen LogP contribution < -0.4 is 5.32 Å². The van der Waals surface area contributed by atoms with Crippen LogP contribution in [0.4, 0.5) is 5.69 Å². The lowest BCUT2D eigenvalue weighted by Gasteiger charge is -2.27. The number of para-hydroxylation sites is 1. The molecule has 0 saturated carbocycles. The highest BCUT2D eigenvalue weighted by molar-refractivity contribution is 7.91. The minimum atomic E-state index is -3.54. The summed E-state index contributed by atoms with van der Waals surface area (Å²) in [5, 5.41) is 2.67. The number of nitrogens with zero attached hydrogens (tertiary/aromatic N) is 1. The fraction of sp³-hybridized carbons (Fsp3) is 0.300. The van der Waals surface area contributed by atoms with Gasteiger partial charge < -0.3 is 15.0 Å². The molecule has 0 bridgehead atoms. The molecule has 0 atom stereocenters. The van der Waals surface area contributed by atoms with E-state index in [2.05, 4.69) is 5.32 Å². The third-order valence-corrected chi connectivity index (χ3v) is 6.16. The van der Waals surface area contributed by atoms with Crippen LogP contribution in [0.2, 0.25) is 0 Å². The number of carbonyl (C=O) groups excluding carboxylic acids is 2. The lowest BCUT2D eigenvalue weighted by molar-refractivity contribution is -0.115. The van der Waals surface area contributed by atoms with E-state index in [0.29, 0.717) is 37.6 Å². The highest BCUT2D eigenvalue weighted by Crippen LogP contribution is 2.19. The monoisotopic (exact) mass is 402 g/mol. The van der Waals surface area contributed by atoms with E-state index in [0.717, 1.165) is 0 Å². The Morgan fingerprint density at radius 1 is 0.964 bits per heavy atom. The van der Waals surface area contributed by atoms with Gasteiger partial charge in [-0.1, -0.05) is 30.3 Å². The van der Waals surface area contributed by atoms with E-state index in [1.807, 2.05) is 0 Å². The van der Waals surface area contributed by atoms with Crippen molar-refractivity contribution >= 4 is 27.3 Å². The molecular weight excluding hydrogens is 380 g/mol. The maximum absolute atomic E-state index is 12.7. The Morgan fingerprint density at radius 2 is 1.61 bits per heavy atom. The SMILES string of the molecule is O=C(CCS(=O)(=O)c1ccccc1)Nc1ccccc1C(=O)N1CCOCC1. The molecular formula is C20H22N2O5S. The number of hydrogen-bond acceptors (Lipinski definition) is 5. The predicted octanol–water partition coefficient (Wildman–Crippen LogP) is 1.96. The number of hydrogen-bond donors (Lipinski definition) is 1. The molecule has 2 aromatic rings. The van der Waals surface area contributed by atoms with E-state index in [1.165, 1.54) is 12.1 Å². The van der Waals surface area contributed by atoms with Crippen LogP contribution in [0, 0.1) is 0 Å². The molecule has 1 aliphatic rings. The predicted molar refractivity (Wildman–Crippen MR) is 105 cm³/mol. The van der Waals surface area contributed by atoms with Gasteiger partial charge in [0, 0.05) is 19.5 Å². The summed E-state index contributed by atoms with van der Waals surface area (Å²) in [4.78, 5) is 26.9. The van der Waals surface area contributed by atoms with Crippen molar-refractivity contribution in [2.75, 3.05) is 37.4 Å². The molecule has 7 nitrogen and oxygen atoms in total. The molecule has 1 saturated heterocycles. The number of morpholine rings is 1. The summed E-state index contributed by atoms with van der Waals surface area (Å²) in [5.41, 5.74) is 0.754.